The fraction of sp³-hybridized carbons (Fsp3) is 0.276. The number of rotatable bonds is 8. The van der Waals surface area contributed by atoms with Gasteiger partial charge in [-0.05, 0) is 133 Å². The third-order valence-electron chi connectivity index (χ3n) is 14.8. The minimum absolute atomic E-state index is 0.0102. The average Bonchev–Trinajstić information content (AvgIpc) is 3.76. The van der Waals surface area contributed by atoms with Gasteiger partial charge in [-0.25, -0.2) is 0 Å². The maximum Gasteiger partial charge on any atom is 0.0537 e. The smallest absolute Gasteiger partial charge is 0.0537 e. The molecule has 292 valence electrons. The van der Waals surface area contributed by atoms with Crippen molar-refractivity contribution in [3.8, 4) is 16.8 Å². The van der Waals surface area contributed by atoms with Crippen LogP contribution in [0.3, 0.4) is 0 Å². The van der Waals surface area contributed by atoms with Crippen molar-refractivity contribution in [1.82, 2.24) is 4.57 Å². The fourth-order valence-corrected chi connectivity index (χ4v) is 11.5. The quantitative estimate of drug-likeness (QED) is 0.139. The first-order chi connectivity index (χ1) is 29.0. The highest BCUT2D eigenvalue weighted by atomic mass is 15.0. The highest BCUT2D eigenvalue weighted by Gasteiger charge is 2.36. The van der Waals surface area contributed by atoms with Gasteiger partial charge in [0.1, 0.15) is 0 Å². The number of hydrogen-bond donors (Lipinski definition) is 0. The Morgan fingerprint density at radius 3 is 2.51 bits per heavy atom. The van der Waals surface area contributed by atoms with Gasteiger partial charge in [0, 0.05) is 39.6 Å². The van der Waals surface area contributed by atoms with E-state index < -0.39 is 0 Å². The first-order valence-corrected chi connectivity index (χ1v) is 22.5. The lowest BCUT2D eigenvalue weighted by molar-refractivity contribution is 0.572. The van der Waals surface area contributed by atoms with Crippen molar-refractivity contribution in [2.75, 3.05) is 0 Å². The molecule has 1 heterocycles. The second-order valence-corrected chi connectivity index (χ2v) is 18.5. The van der Waals surface area contributed by atoms with Crippen LogP contribution in [-0.4, -0.2) is 4.57 Å². The molecule has 0 radical (unpaired) electrons. The molecular weight excluding hydrogens is 711 g/mol. The van der Waals surface area contributed by atoms with E-state index in [1.54, 1.807) is 16.7 Å². The number of para-hydroxylation sites is 1. The van der Waals surface area contributed by atoms with E-state index >= 15 is 0 Å². The van der Waals surface area contributed by atoms with Gasteiger partial charge in [0.2, 0.25) is 0 Å². The second kappa shape index (κ2) is 14.9. The zero-order chi connectivity index (χ0) is 39.5. The van der Waals surface area contributed by atoms with Gasteiger partial charge >= 0.3 is 0 Å². The molecular formula is C58H55N. The van der Waals surface area contributed by atoms with E-state index in [0.29, 0.717) is 17.8 Å². The molecule has 1 aromatic heterocycles. The molecule has 0 aliphatic heterocycles. The van der Waals surface area contributed by atoms with Crippen molar-refractivity contribution in [3.05, 3.63) is 208 Å². The Kier molecular flexibility index (Phi) is 9.18. The van der Waals surface area contributed by atoms with Crippen LogP contribution in [0.25, 0.3) is 39.4 Å². The van der Waals surface area contributed by atoms with E-state index in [2.05, 4.69) is 176 Å². The Balaban J connectivity index is 0.886. The average molecular weight is 766 g/mol. The summed E-state index contributed by atoms with van der Waals surface area (Å²) in [6.07, 6.45) is 38.1. The van der Waals surface area contributed by atoms with Gasteiger partial charge in [0.25, 0.3) is 0 Å². The highest BCUT2D eigenvalue weighted by Crippen LogP contribution is 2.51. The van der Waals surface area contributed by atoms with Crippen molar-refractivity contribution >= 4 is 22.6 Å². The standard InChI is InChI=1S/C58H55N/c1-58(2)54-21-10-8-19-50(54)51-35-33-46(38-55(51)58)48(44-30-28-41(29-31-44)40-13-4-3-5-14-40)34-25-39-23-26-42(27-24-39)45-16-12-17-47(37-45)59-56-22-11-9-20-52(56)53-36-32-43-15-6-7-18-49(43)57(53)59/h4,6-13,15-17,19-23,26,28,30,32-33,35-38,40,48-49H,3,5,14,18,24-25,27,29,31,34H2,1-2H3. The summed E-state index contributed by atoms with van der Waals surface area (Å²) >= 11 is 0. The lowest BCUT2D eigenvalue weighted by atomic mass is 9.76. The number of aromatic nitrogens is 1. The van der Waals surface area contributed by atoms with E-state index in [9.17, 15) is 0 Å². The molecule has 0 amide bonds. The molecule has 0 bridgehead atoms. The van der Waals surface area contributed by atoms with E-state index in [4.69, 9.17) is 0 Å². The van der Waals surface area contributed by atoms with E-state index in [-0.39, 0.29) is 5.41 Å². The van der Waals surface area contributed by atoms with E-state index in [0.717, 1.165) is 32.1 Å². The number of fused-ring (bicyclic) bond motifs is 8. The van der Waals surface area contributed by atoms with Crippen LogP contribution >= 0.6 is 0 Å². The predicted molar refractivity (Wildman–Crippen MR) is 250 cm³/mol. The normalized spacial score (nSPS) is 21.7. The summed E-state index contributed by atoms with van der Waals surface area (Å²) < 4.78 is 2.56. The summed E-state index contributed by atoms with van der Waals surface area (Å²) in [7, 11) is 0. The number of benzene rings is 4. The molecule has 0 fully saturated rings. The minimum Gasteiger partial charge on any atom is -0.312 e. The highest BCUT2D eigenvalue weighted by molar-refractivity contribution is 5.95. The maximum absolute atomic E-state index is 2.59. The van der Waals surface area contributed by atoms with Crippen molar-refractivity contribution < 1.29 is 0 Å². The van der Waals surface area contributed by atoms with Gasteiger partial charge in [0.05, 0.1) is 5.52 Å². The Hall–Kier alpha value is -5.66. The van der Waals surface area contributed by atoms with Crippen LogP contribution in [0.5, 0.6) is 0 Å². The lowest BCUT2D eigenvalue weighted by Gasteiger charge is -2.29. The van der Waals surface area contributed by atoms with Gasteiger partial charge in [0.15, 0.2) is 0 Å². The molecule has 0 N–H and O–H groups in total. The Bertz CT molecular complexity index is 2760. The maximum atomic E-state index is 2.59. The SMILES string of the molecule is CC1(C)c2ccccc2-c2ccc(C(CCC3=CC=C(c4cccc(-n5c6c(c7ccccc75)C=CC5=CC=CCC56)c4)CC3)C3=CC=C(C4C=CCCC4)CC3)cc21. The van der Waals surface area contributed by atoms with Crippen molar-refractivity contribution in [2.24, 2.45) is 5.92 Å². The summed E-state index contributed by atoms with van der Waals surface area (Å²) in [6, 6.07) is 34.9. The summed E-state index contributed by atoms with van der Waals surface area (Å²) in [4.78, 5) is 0. The molecule has 5 aromatic rings. The summed E-state index contributed by atoms with van der Waals surface area (Å²) in [5.41, 5.74) is 21.7. The molecule has 0 saturated carbocycles. The van der Waals surface area contributed by atoms with Gasteiger partial charge < -0.3 is 4.57 Å². The molecule has 3 unspecified atom stereocenters. The molecule has 1 heteroatoms. The van der Waals surface area contributed by atoms with Crippen LogP contribution < -0.4 is 0 Å². The molecule has 0 spiro atoms. The number of nitrogens with zero attached hydrogens (tertiary/aromatic N) is 1. The molecule has 11 rings (SSSR count). The van der Waals surface area contributed by atoms with Gasteiger partial charge in [-0.2, -0.15) is 0 Å². The van der Waals surface area contributed by atoms with Gasteiger partial charge in [-0.3, -0.25) is 0 Å². The van der Waals surface area contributed by atoms with Crippen LogP contribution in [0.2, 0.25) is 0 Å². The topological polar surface area (TPSA) is 4.93 Å². The molecule has 3 atom stereocenters. The number of hydrogen-bond acceptors (Lipinski definition) is 0. The lowest BCUT2D eigenvalue weighted by Crippen LogP contribution is -2.16. The van der Waals surface area contributed by atoms with Crippen molar-refractivity contribution in [2.45, 2.75) is 95.3 Å². The molecule has 1 nitrogen and oxygen atoms in total. The van der Waals surface area contributed by atoms with Crippen LogP contribution in [0.1, 0.15) is 123 Å². The minimum atomic E-state index is 0.0102. The first-order valence-electron chi connectivity index (χ1n) is 22.5. The Morgan fingerprint density at radius 2 is 1.64 bits per heavy atom. The monoisotopic (exact) mass is 765 g/mol. The molecule has 6 aliphatic carbocycles. The van der Waals surface area contributed by atoms with E-state index in [1.807, 2.05) is 0 Å². The Labute approximate surface area is 351 Å². The van der Waals surface area contributed by atoms with Crippen LogP contribution in [-0.2, 0) is 5.41 Å². The second-order valence-electron chi connectivity index (χ2n) is 18.5. The van der Waals surface area contributed by atoms with Crippen molar-refractivity contribution in [1.29, 1.82) is 0 Å². The molecule has 0 saturated heterocycles. The first kappa shape index (κ1) is 36.4. The zero-order valence-electron chi connectivity index (χ0n) is 34.8. The summed E-state index contributed by atoms with van der Waals surface area (Å²) in [5, 5.41) is 1.34. The van der Waals surface area contributed by atoms with Crippen molar-refractivity contribution in [3.63, 3.8) is 0 Å². The van der Waals surface area contributed by atoms with Gasteiger partial charge in [-0.15, -0.1) is 0 Å². The molecule has 4 aromatic carbocycles. The molecule has 6 aliphatic rings. The van der Waals surface area contributed by atoms with Crippen LogP contribution in [0, 0.1) is 5.92 Å². The number of allylic oxidation sites excluding steroid dienone is 15. The third-order valence-corrected chi connectivity index (χ3v) is 14.8. The molecule has 59 heavy (non-hydrogen) atoms. The summed E-state index contributed by atoms with van der Waals surface area (Å²) in [6.45, 7) is 4.84. The predicted octanol–water partition coefficient (Wildman–Crippen LogP) is 15.6. The zero-order valence-corrected chi connectivity index (χ0v) is 34.8. The van der Waals surface area contributed by atoms with Gasteiger partial charge in [-0.1, -0.05) is 170 Å². The van der Waals surface area contributed by atoms with E-state index in [1.165, 1.54) is 104 Å². The van der Waals surface area contributed by atoms with Crippen LogP contribution in [0.4, 0.5) is 0 Å². The third kappa shape index (κ3) is 6.37. The summed E-state index contributed by atoms with van der Waals surface area (Å²) in [5.74, 6) is 1.45. The fourth-order valence-electron chi connectivity index (χ4n) is 11.5. The largest absolute Gasteiger partial charge is 0.312 e. The Morgan fingerprint density at radius 1 is 0.746 bits per heavy atom. The van der Waals surface area contributed by atoms with Crippen LogP contribution in [0.15, 0.2) is 174 Å².